The summed E-state index contributed by atoms with van der Waals surface area (Å²) in [5, 5.41) is 13.6. The Morgan fingerprint density at radius 3 is 3.12 bits per heavy atom. The van der Waals surface area contributed by atoms with Crippen molar-refractivity contribution in [2.24, 2.45) is 5.92 Å². The van der Waals surface area contributed by atoms with Gasteiger partial charge >= 0.3 is 0 Å². The van der Waals surface area contributed by atoms with Crippen LogP contribution >= 0.6 is 0 Å². The second kappa shape index (κ2) is 4.25. The van der Waals surface area contributed by atoms with Gasteiger partial charge in [0.15, 0.2) is 5.82 Å². The molecule has 2 aromatic heterocycles. The van der Waals surface area contributed by atoms with E-state index in [1.165, 1.54) is 0 Å². The molecule has 5 heteroatoms. The van der Waals surface area contributed by atoms with Crippen LogP contribution < -0.4 is 0 Å². The first kappa shape index (κ1) is 10.4. The van der Waals surface area contributed by atoms with Crippen LogP contribution in [-0.2, 0) is 13.0 Å². The average Bonchev–Trinajstić information content (AvgIpc) is 2.82. The van der Waals surface area contributed by atoms with E-state index < -0.39 is 0 Å². The summed E-state index contributed by atoms with van der Waals surface area (Å²) in [6.45, 7) is 0.976. The smallest absolute Gasteiger partial charge is 0.200 e. The molecule has 0 aromatic carbocycles. The van der Waals surface area contributed by atoms with Gasteiger partial charge in [0.2, 0.25) is 0 Å². The first-order chi connectivity index (χ1) is 8.36. The van der Waals surface area contributed by atoms with Crippen molar-refractivity contribution in [1.82, 2.24) is 19.7 Å². The van der Waals surface area contributed by atoms with E-state index in [2.05, 4.69) is 15.1 Å². The topological polar surface area (TPSA) is 63.8 Å². The molecule has 3 heterocycles. The van der Waals surface area contributed by atoms with Gasteiger partial charge in [-0.3, -0.25) is 4.98 Å². The van der Waals surface area contributed by atoms with Crippen molar-refractivity contribution in [3.05, 3.63) is 30.2 Å². The predicted molar refractivity (Wildman–Crippen MR) is 62.1 cm³/mol. The molecule has 1 aliphatic heterocycles. The maximum Gasteiger partial charge on any atom is 0.200 e. The van der Waals surface area contributed by atoms with Crippen LogP contribution in [0.1, 0.15) is 12.2 Å². The van der Waals surface area contributed by atoms with Crippen LogP contribution in [0.5, 0.6) is 0 Å². The molecule has 2 aromatic rings. The van der Waals surface area contributed by atoms with Crippen LogP contribution in [0.4, 0.5) is 0 Å². The number of rotatable bonds is 2. The molecule has 0 spiro atoms. The Labute approximate surface area is 99.1 Å². The lowest BCUT2D eigenvalue weighted by atomic mass is 10.0. The van der Waals surface area contributed by atoms with Gasteiger partial charge in [0.05, 0.1) is 0 Å². The van der Waals surface area contributed by atoms with E-state index in [0.717, 1.165) is 30.9 Å². The van der Waals surface area contributed by atoms with Crippen LogP contribution in [0.3, 0.4) is 0 Å². The monoisotopic (exact) mass is 230 g/mol. The zero-order chi connectivity index (χ0) is 11.7. The van der Waals surface area contributed by atoms with Crippen LogP contribution in [-0.4, -0.2) is 31.5 Å². The van der Waals surface area contributed by atoms with Crippen LogP contribution in [0, 0.1) is 5.92 Å². The molecular formula is C12H14N4O. The highest BCUT2D eigenvalue weighted by atomic mass is 16.3. The summed E-state index contributed by atoms with van der Waals surface area (Å²) >= 11 is 0. The molecule has 3 rings (SSSR count). The molecule has 0 bridgehead atoms. The quantitative estimate of drug-likeness (QED) is 0.832. The van der Waals surface area contributed by atoms with Gasteiger partial charge < -0.3 is 5.11 Å². The molecule has 0 radical (unpaired) electrons. The number of nitrogens with zero attached hydrogens (tertiary/aromatic N) is 4. The van der Waals surface area contributed by atoms with E-state index in [1.807, 2.05) is 22.9 Å². The van der Waals surface area contributed by atoms with Gasteiger partial charge in [-0.15, -0.1) is 5.10 Å². The summed E-state index contributed by atoms with van der Waals surface area (Å²) in [6.07, 6.45) is 3.60. The van der Waals surface area contributed by atoms with Crippen LogP contribution in [0.15, 0.2) is 24.4 Å². The van der Waals surface area contributed by atoms with Crippen molar-refractivity contribution in [1.29, 1.82) is 0 Å². The molecule has 0 aliphatic carbocycles. The van der Waals surface area contributed by atoms with Gasteiger partial charge in [0.25, 0.3) is 0 Å². The molecule has 88 valence electrons. The third-order valence-corrected chi connectivity index (χ3v) is 3.11. The van der Waals surface area contributed by atoms with E-state index in [0.29, 0.717) is 11.7 Å². The molecular weight excluding hydrogens is 216 g/mol. The summed E-state index contributed by atoms with van der Waals surface area (Å²) in [5.41, 5.74) is 0.801. The van der Waals surface area contributed by atoms with Crippen molar-refractivity contribution in [2.45, 2.75) is 19.4 Å². The largest absolute Gasteiger partial charge is 0.396 e. The van der Waals surface area contributed by atoms with Crippen LogP contribution in [0.25, 0.3) is 11.5 Å². The lowest BCUT2D eigenvalue weighted by molar-refractivity contribution is 0.185. The van der Waals surface area contributed by atoms with Gasteiger partial charge in [0.1, 0.15) is 11.5 Å². The van der Waals surface area contributed by atoms with E-state index in [9.17, 15) is 0 Å². The lowest BCUT2D eigenvalue weighted by Gasteiger charge is -2.19. The van der Waals surface area contributed by atoms with E-state index in [1.54, 1.807) is 6.20 Å². The molecule has 0 fully saturated rings. The first-order valence-corrected chi connectivity index (χ1v) is 5.83. The Balaban J connectivity index is 1.93. The Morgan fingerprint density at radius 2 is 2.35 bits per heavy atom. The highest BCUT2D eigenvalue weighted by molar-refractivity contribution is 5.47. The summed E-state index contributed by atoms with van der Waals surface area (Å²) < 4.78 is 1.90. The van der Waals surface area contributed by atoms with E-state index in [4.69, 9.17) is 5.11 Å². The van der Waals surface area contributed by atoms with Crippen molar-refractivity contribution in [3.63, 3.8) is 0 Å². The fraction of sp³-hybridized carbons (Fsp3) is 0.417. The fourth-order valence-electron chi connectivity index (χ4n) is 2.13. The molecule has 1 atom stereocenters. The van der Waals surface area contributed by atoms with E-state index in [-0.39, 0.29) is 6.61 Å². The number of aromatic nitrogens is 4. The fourth-order valence-corrected chi connectivity index (χ4v) is 2.13. The summed E-state index contributed by atoms with van der Waals surface area (Å²) in [6, 6.07) is 5.71. The number of aryl methyl sites for hydroxylation is 1. The number of hydrogen-bond acceptors (Lipinski definition) is 4. The number of hydrogen-bond donors (Lipinski definition) is 1. The maximum atomic E-state index is 9.17. The Bertz CT molecular complexity index is 508. The first-order valence-electron chi connectivity index (χ1n) is 5.83. The Kier molecular flexibility index (Phi) is 2.60. The molecule has 0 amide bonds. The zero-order valence-electron chi connectivity index (χ0n) is 9.45. The molecule has 0 saturated carbocycles. The standard InChI is InChI=1S/C12H14N4O/c17-8-9-4-5-11-14-12(15-16(11)7-9)10-3-1-2-6-13-10/h1-3,6,9,17H,4-5,7-8H2. The minimum absolute atomic E-state index is 0.220. The predicted octanol–water partition coefficient (Wildman–Crippen LogP) is 0.895. The maximum absolute atomic E-state index is 9.17. The minimum atomic E-state index is 0.220. The SMILES string of the molecule is OCC1CCc2nc(-c3ccccn3)nn2C1. The molecule has 1 N–H and O–H groups in total. The third kappa shape index (κ3) is 1.93. The zero-order valence-corrected chi connectivity index (χ0v) is 9.45. The van der Waals surface area contributed by atoms with Gasteiger partial charge in [0, 0.05) is 31.7 Å². The summed E-state index contributed by atoms with van der Waals surface area (Å²) in [5.74, 6) is 1.98. The van der Waals surface area contributed by atoms with Gasteiger partial charge in [-0.2, -0.15) is 0 Å². The molecule has 5 nitrogen and oxygen atoms in total. The number of aliphatic hydroxyl groups is 1. The number of pyridine rings is 1. The molecule has 0 saturated heterocycles. The van der Waals surface area contributed by atoms with Gasteiger partial charge in [-0.25, -0.2) is 9.67 Å². The Morgan fingerprint density at radius 1 is 1.41 bits per heavy atom. The van der Waals surface area contributed by atoms with Gasteiger partial charge in [-0.1, -0.05) is 6.07 Å². The molecule has 1 aliphatic rings. The molecule has 1 unspecified atom stereocenters. The van der Waals surface area contributed by atoms with Crippen molar-refractivity contribution >= 4 is 0 Å². The normalized spacial score (nSPS) is 19.0. The van der Waals surface area contributed by atoms with Crippen molar-refractivity contribution < 1.29 is 5.11 Å². The summed E-state index contributed by atoms with van der Waals surface area (Å²) in [7, 11) is 0. The highest BCUT2D eigenvalue weighted by Gasteiger charge is 2.21. The van der Waals surface area contributed by atoms with Gasteiger partial charge in [-0.05, 0) is 18.6 Å². The third-order valence-electron chi connectivity index (χ3n) is 3.11. The Hall–Kier alpha value is -1.75. The second-order valence-corrected chi connectivity index (χ2v) is 4.34. The second-order valence-electron chi connectivity index (χ2n) is 4.34. The number of fused-ring (bicyclic) bond motifs is 1. The van der Waals surface area contributed by atoms with Crippen molar-refractivity contribution in [2.75, 3.05) is 6.61 Å². The van der Waals surface area contributed by atoms with Crippen molar-refractivity contribution in [3.8, 4) is 11.5 Å². The van der Waals surface area contributed by atoms with Crippen LogP contribution in [0.2, 0.25) is 0 Å². The van der Waals surface area contributed by atoms with E-state index >= 15 is 0 Å². The minimum Gasteiger partial charge on any atom is -0.396 e. The lowest BCUT2D eigenvalue weighted by Crippen LogP contribution is -2.23. The molecule has 17 heavy (non-hydrogen) atoms. The summed E-state index contributed by atoms with van der Waals surface area (Å²) in [4.78, 5) is 8.74. The average molecular weight is 230 g/mol. The number of aliphatic hydroxyl groups excluding tert-OH is 1. The highest BCUT2D eigenvalue weighted by Crippen LogP contribution is 2.20.